The van der Waals surface area contributed by atoms with Gasteiger partial charge in [-0.2, -0.15) is 0 Å². The molecule has 0 aliphatic carbocycles. The van der Waals surface area contributed by atoms with Crippen LogP contribution in [0, 0.1) is 6.58 Å². The molecule has 1 nitrogen and oxygen atoms in total. The van der Waals surface area contributed by atoms with Crippen molar-refractivity contribution in [3.63, 3.8) is 0 Å². The zero-order chi connectivity index (χ0) is 6.24. The molecular weight excluding hydrogens is 116 g/mol. The van der Waals surface area contributed by atoms with Crippen LogP contribution in [0.15, 0.2) is 6.58 Å². The molecule has 1 heterocycles. The van der Waals surface area contributed by atoms with Crippen LogP contribution in [0.2, 0.25) is 6.04 Å². The average molecular weight is 129 g/mol. The molecule has 1 aliphatic heterocycles. The quantitative estimate of drug-likeness (QED) is 0.442. The van der Waals surface area contributed by atoms with Crippen LogP contribution >= 0.6 is 0 Å². The summed E-state index contributed by atoms with van der Waals surface area (Å²) in [5, 5.41) is 0. The van der Waals surface area contributed by atoms with E-state index in [-0.39, 0.29) is 9.76 Å². The highest BCUT2D eigenvalue weighted by Gasteiger charge is 1.96. The Bertz CT molecular complexity index is 32.3. The fourth-order valence-corrected chi connectivity index (χ4v) is 1.86. The summed E-state index contributed by atoms with van der Waals surface area (Å²) in [6.45, 7) is 8.06. The second-order valence-corrected chi connectivity index (χ2v) is 3.20. The van der Waals surface area contributed by atoms with Gasteiger partial charge in [-0.05, 0) is 12.5 Å². The molecule has 0 N–H and O–H groups in total. The van der Waals surface area contributed by atoms with E-state index >= 15 is 0 Å². The van der Waals surface area contributed by atoms with E-state index < -0.39 is 0 Å². The molecule has 1 aliphatic rings. The van der Waals surface area contributed by atoms with Gasteiger partial charge < -0.3 is 4.43 Å². The molecule has 0 unspecified atom stereocenters. The Morgan fingerprint density at radius 2 is 2.12 bits per heavy atom. The molecule has 1 radical (unpaired) electrons. The van der Waals surface area contributed by atoms with Gasteiger partial charge in [0, 0.05) is 6.61 Å². The maximum atomic E-state index is 5.21. The highest BCUT2D eigenvalue weighted by Crippen LogP contribution is 2.01. The van der Waals surface area contributed by atoms with Crippen LogP contribution in [0.25, 0.3) is 0 Å². The molecule has 0 spiro atoms. The number of hydrogen-bond acceptors (Lipinski definition) is 1. The molecular formula is C6H13OSi. The van der Waals surface area contributed by atoms with Crippen LogP contribution in [0.3, 0.4) is 0 Å². The van der Waals surface area contributed by atoms with Gasteiger partial charge in [0.05, 0.1) is 0 Å². The van der Waals surface area contributed by atoms with Crippen molar-refractivity contribution in [3.8, 4) is 0 Å². The Labute approximate surface area is 53.7 Å². The maximum absolute atomic E-state index is 5.21. The topological polar surface area (TPSA) is 9.23 Å². The van der Waals surface area contributed by atoms with Crippen LogP contribution in [0.1, 0.15) is 12.8 Å². The Morgan fingerprint density at radius 1 is 1.38 bits per heavy atom. The normalized spacial score (nSPS) is 21.5. The van der Waals surface area contributed by atoms with Crippen LogP contribution in [0.5, 0.6) is 0 Å². The summed E-state index contributed by atoms with van der Waals surface area (Å²) in [5.41, 5.74) is 0. The van der Waals surface area contributed by atoms with Crippen molar-refractivity contribution in [2.75, 3.05) is 6.61 Å². The van der Waals surface area contributed by atoms with Crippen molar-refractivity contribution in [2.24, 2.45) is 0 Å². The lowest BCUT2D eigenvalue weighted by Gasteiger charge is -2.07. The highest BCUT2D eigenvalue weighted by atomic mass is 28.2. The van der Waals surface area contributed by atoms with Crippen LogP contribution in [-0.4, -0.2) is 16.4 Å². The molecule has 1 fully saturated rings. The van der Waals surface area contributed by atoms with Gasteiger partial charge >= 0.3 is 0 Å². The van der Waals surface area contributed by atoms with Crippen LogP contribution in [-0.2, 0) is 4.43 Å². The molecule has 0 amide bonds. The molecule has 0 aromatic heterocycles. The van der Waals surface area contributed by atoms with E-state index in [1.54, 1.807) is 0 Å². The fraction of sp³-hybridized carbons (Fsp3) is 0.667. The summed E-state index contributed by atoms with van der Waals surface area (Å²) < 4.78 is 5.21. The summed E-state index contributed by atoms with van der Waals surface area (Å²) in [4.78, 5) is 0. The minimum atomic E-state index is 0.00849. The minimum absolute atomic E-state index is 0.00849. The molecule has 0 aromatic rings. The Balaban J connectivity index is 0.000000222. The van der Waals surface area contributed by atoms with Crippen molar-refractivity contribution < 1.29 is 4.43 Å². The van der Waals surface area contributed by atoms with Gasteiger partial charge in [-0.1, -0.05) is 19.6 Å². The minimum Gasteiger partial charge on any atom is -0.424 e. The van der Waals surface area contributed by atoms with E-state index in [0.717, 1.165) is 6.61 Å². The largest absolute Gasteiger partial charge is 0.424 e. The molecule has 0 bridgehead atoms. The predicted molar refractivity (Wildman–Crippen MR) is 38.5 cm³/mol. The molecule has 0 aromatic carbocycles. The Hall–Kier alpha value is -0.0831. The number of hydrogen-bond donors (Lipinski definition) is 0. The monoisotopic (exact) mass is 129 g/mol. The first-order chi connectivity index (χ1) is 4.00. The van der Waals surface area contributed by atoms with Gasteiger partial charge in [-0.25, -0.2) is 0 Å². The maximum Gasteiger partial charge on any atom is 0.161 e. The smallest absolute Gasteiger partial charge is 0.161 e. The lowest BCUT2D eigenvalue weighted by molar-refractivity contribution is 0.304. The van der Waals surface area contributed by atoms with Gasteiger partial charge in [0.1, 0.15) is 0 Å². The predicted octanol–water partition coefficient (Wildman–Crippen LogP) is 0.904. The average Bonchev–Trinajstić information content (AvgIpc) is 1.96. The van der Waals surface area contributed by atoms with Crippen molar-refractivity contribution >= 4 is 9.76 Å². The third-order valence-corrected chi connectivity index (χ3v) is 2.44. The summed E-state index contributed by atoms with van der Waals surface area (Å²) in [6, 6.07) is 1.42. The van der Waals surface area contributed by atoms with Gasteiger partial charge in [0.2, 0.25) is 0 Å². The fourth-order valence-electron chi connectivity index (χ4n) is 0.687. The van der Waals surface area contributed by atoms with E-state index in [9.17, 15) is 0 Å². The van der Waals surface area contributed by atoms with Crippen LogP contribution in [0.4, 0.5) is 0 Å². The zero-order valence-corrected chi connectivity index (χ0v) is 6.64. The summed E-state index contributed by atoms with van der Waals surface area (Å²) in [7, 11) is 0.00849. The van der Waals surface area contributed by atoms with E-state index in [1.165, 1.54) is 18.9 Å². The molecule has 2 heteroatoms. The van der Waals surface area contributed by atoms with Crippen molar-refractivity contribution in [3.05, 3.63) is 13.2 Å². The van der Waals surface area contributed by atoms with E-state index in [2.05, 4.69) is 13.2 Å². The first kappa shape index (κ1) is 7.92. The highest BCUT2D eigenvalue weighted by molar-refractivity contribution is 6.27. The summed E-state index contributed by atoms with van der Waals surface area (Å²) in [5.74, 6) is 0. The first-order valence-corrected chi connectivity index (χ1v) is 4.56. The molecule has 0 saturated carbocycles. The SMILES string of the molecule is C1CC[SiH2]OC1.[CH]=C. The first-order valence-electron chi connectivity index (χ1n) is 2.99. The van der Waals surface area contributed by atoms with Gasteiger partial charge in [0.15, 0.2) is 9.76 Å². The standard InChI is InChI=1S/C4H10OSi.C2H3/c1-2-4-6-5-3-1;1-2/h1-4,6H2;1H,2H2. The van der Waals surface area contributed by atoms with Crippen LogP contribution < -0.4 is 0 Å². The molecule has 1 rings (SSSR count). The Morgan fingerprint density at radius 3 is 2.25 bits per heavy atom. The number of rotatable bonds is 0. The van der Waals surface area contributed by atoms with E-state index in [4.69, 9.17) is 4.43 Å². The third-order valence-electron chi connectivity index (χ3n) is 1.08. The lowest BCUT2D eigenvalue weighted by Crippen LogP contribution is -2.06. The van der Waals surface area contributed by atoms with Gasteiger partial charge in [-0.3, -0.25) is 0 Å². The molecule has 0 atom stereocenters. The zero-order valence-electron chi connectivity index (χ0n) is 5.23. The Kier molecular flexibility index (Phi) is 6.85. The second kappa shape index (κ2) is 6.92. The molecule has 47 valence electrons. The molecule has 1 saturated heterocycles. The van der Waals surface area contributed by atoms with E-state index in [0.29, 0.717) is 0 Å². The lowest BCUT2D eigenvalue weighted by atomic mass is 10.4. The van der Waals surface area contributed by atoms with Crippen molar-refractivity contribution in [1.82, 2.24) is 0 Å². The summed E-state index contributed by atoms with van der Waals surface area (Å²) in [6.07, 6.45) is 2.75. The van der Waals surface area contributed by atoms with Crippen molar-refractivity contribution in [2.45, 2.75) is 18.9 Å². The third kappa shape index (κ3) is 4.09. The van der Waals surface area contributed by atoms with Gasteiger partial charge in [0.25, 0.3) is 0 Å². The second-order valence-electron chi connectivity index (χ2n) is 1.67. The van der Waals surface area contributed by atoms with E-state index in [1.807, 2.05) is 0 Å². The molecule has 8 heavy (non-hydrogen) atoms. The van der Waals surface area contributed by atoms with Gasteiger partial charge in [-0.15, -0.1) is 0 Å². The summed E-state index contributed by atoms with van der Waals surface area (Å²) >= 11 is 0. The van der Waals surface area contributed by atoms with Crippen molar-refractivity contribution in [1.29, 1.82) is 0 Å².